The van der Waals surface area contributed by atoms with E-state index in [2.05, 4.69) is 5.32 Å². The third-order valence-electron chi connectivity index (χ3n) is 3.72. The van der Waals surface area contributed by atoms with E-state index in [1.807, 2.05) is 31.2 Å². The Morgan fingerprint density at radius 2 is 2.15 bits per heavy atom. The number of ether oxygens (including phenoxy) is 1. The van der Waals surface area contributed by atoms with Crippen molar-refractivity contribution in [2.45, 2.75) is 51.1 Å². The van der Waals surface area contributed by atoms with Gasteiger partial charge in [0, 0.05) is 12.1 Å². The molecule has 0 bridgehead atoms. The van der Waals surface area contributed by atoms with Crippen molar-refractivity contribution >= 4 is 5.91 Å². The monoisotopic (exact) mass is 276 g/mol. The molecule has 4 heteroatoms. The minimum atomic E-state index is -0.0388. The molecule has 0 unspecified atom stereocenters. The molecule has 1 aromatic carbocycles. The second-order valence-electron chi connectivity index (χ2n) is 5.55. The summed E-state index contributed by atoms with van der Waals surface area (Å²) in [5.41, 5.74) is 6.84. The van der Waals surface area contributed by atoms with Crippen LogP contribution in [-0.4, -0.2) is 18.6 Å². The molecule has 20 heavy (non-hydrogen) atoms. The van der Waals surface area contributed by atoms with Gasteiger partial charge in [0.2, 0.25) is 0 Å². The van der Waals surface area contributed by atoms with Crippen LogP contribution in [0.15, 0.2) is 24.3 Å². The summed E-state index contributed by atoms with van der Waals surface area (Å²) in [4.78, 5) is 11.8. The Labute approximate surface area is 120 Å². The third-order valence-corrected chi connectivity index (χ3v) is 3.72. The van der Waals surface area contributed by atoms with Gasteiger partial charge in [0.15, 0.2) is 6.61 Å². The molecule has 0 radical (unpaired) electrons. The van der Waals surface area contributed by atoms with Gasteiger partial charge in [-0.05, 0) is 37.5 Å². The number of amides is 1. The lowest BCUT2D eigenvalue weighted by Gasteiger charge is -2.22. The van der Waals surface area contributed by atoms with Crippen LogP contribution in [0.3, 0.4) is 0 Å². The maximum absolute atomic E-state index is 11.8. The number of hydrogen-bond acceptors (Lipinski definition) is 3. The summed E-state index contributed by atoms with van der Waals surface area (Å²) in [5, 5.41) is 3.04. The largest absolute Gasteiger partial charge is 0.484 e. The lowest BCUT2D eigenvalue weighted by Crippen LogP contribution is -2.38. The van der Waals surface area contributed by atoms with E-state index in [9.17, 15) is 4.79 Å². The predicted octanol–water partition coefficient (Wildman–Crippen LogP) is 2.53. The lowest BCUT2D eigenvalue weighted by atomic mass is 9.95. The second kappa shape index (κ2) is 7.29. The minimum absolute atomic E-state index is 0.0328. The van der Waals surface area contributed by atoms with E-state index in [1.165, 1.54) is 19.3 Å². The highest BCUT2D eigenvalue weighted by Gasteiger charge is 2.15. The molecule has 1 saturated carbocycles. The van der Waals surface area contributed by atoms with Gasteiger partial charge in [0.05, 0.1) is 0 Å². The van der Waals surface area contributed by atoms with Crippen molar-refractivity contribution in [3.05, 3.63) is 29.8 Å². The Morgan fingerprint density at radius 3 is 2.85 bits per heavy atom. The number of carbonyl (C=O) groups is 1. The molecule has 1 amide bonds. The van der Waals surface area contributed by atoms with Crippen LogP contribution in [0, 0.1) is 0 Å². The quantitative estimate of drug-likeness (QED) is 0.868. The molecule has 110 valence electrons. The number of nitrogens with one attached hydrogen (secondary N) is 1. The normalized spacial score (nSPS) is 17.5. The smallest absolute Gasteiger partial charge is 0.258 e. The fraction of sp³-hybridized carbons (Fsp3) is 0.562. The van der Waals surface area contributed by atoms with Gasteiger partial charge in [-0.15, -0.1) is 0 Å². The van der Waals surface area contributed by atoms with E-state index >= 15 is 0 Å². The van der Waals surface area contributed by atoms with Crippen LogP contribution >= 0.6 is 0 Å². The highest BCUT2D eigenvalue weighted by molar-refractivity contribution is 5.77. The summed E-state index contributed by atoms with van der Waals surface area (Å²) in [6, 6.07) is 7.88. The average molecular weight is 276 g/mol. The Bertz CT molecular complexity index is 440. The molecular weight excluding hydrogens is 252 g/mol. The topological polar surface area (TPSA) is 64.3 Å². The first-order valence-corrected chi connectivity index (χ1v) is 7.43. The Balaban J connectivity index is 1.79. The molecule has 0 aliphatic heterocycles. The van der Waals surface area contributed by atoms with Gasteiger partial charge in [-0.25, -0.2) is 0 Å². The zero-order valence-corrected chi connectivity index (χ0v) is 12.1. The van der Waals surface area contributed by atoms with E-state index in [0.717, 1.165) is 18.4 Å². The Morgan fingerprint density at radius 1 is 1.40 bits per heavy atom. The Hall–Kier alpha value is -1.55. The molecule has 0 heterocycles. The summed E-state index contributed by atoms with van der Waals surface area (Å²) in [5.74, 6) is 0.654. The van der Waals surface area contributed by atoms with Crippen LogP contribution in [0.25, 0.3) is 0 Å². The van der Waals surface area contributed by atoms with Crippen molar-refractivity contribution in [3.8, 4) is 5.75 Å². The molecule has 1 aliphatic carbocycles. The highest BCUT2D eigenvalue weighted by Crippen LogP contribution is 2.18. The van der Waals surface area contributed by atoms with Crippen molar-refractivity contribution in [1.29, 1.82) is 0 Å². The number of carbonyl (C=O) groups excluding carboxylic acids is 1. The molecule has 1 aliphatic rings. The van der Waals surface area contributed by atoms with Crippen molar-refractivity contribution in [1.82, 2.24) is 5.32 Å². The molecule has 1 atom stereocenters. The van der Waals surface area contributed by atoms with Crippen LogP contribution in [0.2, 0.25) is 0 Å². The molecule has 2 rings (SSSR count). The molecule has 4 nitrogen and oxygen atoms in total. The van der Waals surface area contributed by atoms with Gasteiger partial charge < -0.3 is 15.8 Å². The van der Waals surface area contributed by atoms with Crippen LogP contribution in [0.1, 0.15) is 50.6 Å². The van der Waals surface area contributed by atoms with Crippen LogP contribution in [-0.2, 0) is 4.79 Å². The first-order chi connectivity index (χ1) is 9.65. The number of benzene rings is 1. The molecule has 0 saturated heterocycles. The van der Waals surface area contributed by atoms with Crippen LogP contribution < -0.4 is 15.8 Å². The zero-order chi connectivity index (χ0) is 14.4. The number of rotatable bonds is 5. The van der Waals surface area contributed by atoms with Gasteiger partial charge in [-0.3, -0.25) is 4.79 Å². The summed E-state index contributed by atoms with van der Waals surface area (Å²) in [7, 11) is 0. The SMILES string of the molecule is C[C@@H](N)c1cccc(OCC(=O)NC2CCCCC2)c1. The van der Waals surface area contributed by atoms with Crippen molar-refractivity contribution < 1.29 is 9.53 Å². The predicted molar refractivity (Wildman–Crippen MR) is 79.6 cm³/mol. The fourth-order valence-electron chi connectivity index (χ4n) is 2.55. The summed E-state index contributed by atoms with van der Waals surface area (Å²) in [6.07, 6.45) is 5.88. The average Bonchev–Trinajstić information content (AvgIpc) is 2.46. The fourth-order valence-corrected chi connectivity index (χ4v) is 2.55. The van der Waals surface area contributed by atoms with Crippen molar-refractivity contribution in [3.63, 3.8) is 0 Å². The van der Waals surface area contributed by atoms with Gasteiger partial charge in [-0.2, -0.15) is 0 Å². The molecular formula is C16H24N2O2. The van der Waals surface area contributed by atoms with E-state index in [0.29, 0.717) is 11.8 Å². The molecule has 1 fully saturated rings. The third kappa shape index (κ3) is 4.53. The maximum Gasteiger partial charge on any atom is 0.258 e. The molecule has 0 spiro atoms. The molecule has 1 aromatic rings. The number of hydrogen-bond donors (Lipinski definition) is 2. The highest BCUT2D eigenvalue weighted by atomic mass is 16.5. The van der Waals surface area contributed by atoms with Gasteiger partial charge in [0.1, 0.15) is 5.75 Å². The number of nitrogens with two attached hydrogens (primary N) is 1. The lowest BCUT2D eigenvalue weighted by molar-refractivity contribution is -0.124. The van der Waals surface area contributed by atoms with E-state index in [4.69, 9.17) is 10.5 Å². The van der Waals surface area contributed by atoms with E-state index in [-0.39, 0.29) is 18.6 Å². The molecule has 0 aromatic heterocycles. The first kappa shape index (κ1) is 14.9. The van der Waals surface area contributed by atoms with Gasteiger partial charge >= 0.3 is 0 Å². The Kier molecular flexibility index (Phi) is 5.41. The second-order valence-corrected chi connectivity index (χ2v) is 5.55. The zero-order valence-electron chi connectivity index (χ0n) is 12.1. The maximum atomic E-state index is 11.8. The van der Waals surface area contributed by atoms with E-state index < -0.39 is 0 Å². The summed E-state index contributed by atoms with van der Waals surface area (Å²) >= 11 is 0. The van der Waals surface area contributed by atoms with E-state index in [1.54, 1.807) is 0 Å². The van der Waals surface area contributed by atoms with Crippen molar-refractivity contribution in [2.24, 2.45) is 5.73 Å². The van der Waals surface area contributed by atoms with Crippen molar-refractivity contribution in [2.75, 3.05) is 6.61 Å². The van der Waals surface area contributed by atoms with Gasteiger partial charge in [0.25, 0.3) is 5.91 Å². The van der Waals surface area contributed by atoms with Crippen LogP contribution in [0.5, 0.6) is 5.75 Å². The van der Waals surface area contributed by atoms with Gasteiger partial charge in [-0.1, -0.05) is 31.4 Å². The minimum Gasteiger partial charge on any atom is -0.484 e. The summed E-state index contributed by atoms with van der Waals surface area (Å²) in [6.45, 7) is 1.99. The van der Waals surface area contributed by atoms with Crippen LogP contribution in [0.4, 0.5) is 0 Å². The first-order valence-electron chi connectivity index (χ1n) is 7.43. The summed E-state index contributed by atoms with van der Waals surface area (Å²) < 4.78 is 5.53. The molecule has 3 N–H and O–H groups in total. The standard InChI is InChI=1S/C16H24N2O2/c1-12(17)13-6-5-9-15(10-13)20-11-16(19)18-14-7-3-2-4-8-14/h5-6,9-10,12,14H,2-4,7-8,11,17H2,1H3,(H,18,19)/t12-/m1/s1.